The van der Waals surface area contributed by atoms with Crippen LogP contribution in [-0.2, 0) is 11.2 Å². The number of carbonyl (C=O) groups is 1. The Morgan fingerprint density at radius 1 is 1.15 bits per heavy atom. The third-order valence-electron chi connectivity index (χ3n) is 4.78. The number of rotatable bonds is 6. The second-order valence-corrected chi connectivity index (χ2v) is 6.65. The summed E-state index contributed by atoms with van der Waals surface area (Å²) in [6.45, 7) is 0.264. The van der Waals surface area contributed by atoms with E-state index in [2.05, 4.69) is 10.5 Å². The van der Waals surface area contributed by atoms with Gasteiger partial charge in [-0.05, 0) is 37.8 Å². The molecule has 0 atom stereocenters. The highest BCUT2D eigenvalue weighted by molar-refractivity contribution is 5.76. The summed E-state index contributed by atoms with van der Waals surface area (Å²) in [7, 11) is 0. The van der Waals surface area contributed by atoms with Gasteiger partial charge in [0.05, 0.1) is 12.3 Å². The van der Waals surface area contributed by atoms with Crippen molar-refractivity contribution in [3.05, 3.63) is 36.2 Å². The first-order chi connectivity index (χ1) is 12.8. The van der Waals surface area contributed by atoms with Crippen LogP contribution in [0.2, 0.25) is 0 Å². The third-order valence-corrected chi connectivity index (χ3v) is 4.78. The van der Waals surface area contributed by atoms with Gasteiger partial charge in [-0.3, -0.25) is 4.79 Å². The molecule has 1 aliphatic carbocycles. The van der Waals surface area contributed by atoms with Crippen LogP contribution in [0.3, 0.4) is 0 Å². The van der Waals surface area contributed by atoms with Crippen molar-refractivity contribution in [2.45, 2.75) is 50.7 Å². The van der Waals surface area contributed by atoms with E-state index < -0.39 is 0 Å². The minimum atomic E-state index is 0.0570. The van der Waals surface area contributed by atoms with E-state index in [9.17, 15) is 4.79 Å². The largest absolute Gasteiger partial charge is 0.490 e. The van der Waals surface area contributed by atoms with Crippen LogP contribution >= 0.6 is 0 Å². The fraction of sp³-hybridized carbons (Fsp3) is 0.474. The van der Waals surface area contributed by atoms with Crippen molar-refractivity contribution in [2.75, 3.05) is 6.79 Å². The molecule has 1 fully saturated rings. The first-order valence-electron chi connectivity index (χ1n) is 9.01. The number of aromatic nitrogens is 1. The fourth-order valence-corrected chi connectivity index (χ4v) is 3.38. The van der Waals surface area contributed by atoms with Crippen LogP contribution in [0.4, 0.5) is 0 Å². The highest BCUT2D eigenvalue weighted by atomic mass is 16.7. The van der Waals surface area contributed by atoms with Crippen molar-refractivity contribution in [3.8, 4) is 17.2 Å². The predicted octanol–water partition coefficient (Wildman–Crippen LogP) is 2.84. The molecule has 2 aromatic rings. The van der Waals surface area contributed by atoms with E-state index in [1.165, 1.54) is 0 Å². The molecule has 0 saturated heterocycles. The highest BCUT2D eigenvalue weighted by Gasteiger charge is 2.24. The molecule has 1 aliphatic heterocycles. The number of benzene rings is 1. The zero-order valence-corrected chi connectivity index (χ0v) is 14.5. The van der Waals surface area contributed by atoms with Gasteiger partial charge in [-0.2, -0.15) is 0 Å². The van der Waals surface area contributed by atoms with E-state index in [4.69, 9.17) is 18.7 Å². The topological polar surface area (TPSA) is 82.8 Å². The van der Waals surface area contributed by atoms with Gasteiger partial charge in [0.1, 0.15) is 11.5 Å². The average Bonchev–Trinajstić information content (AvgIpc) is 3.33. The summed E-state index contributed by atoms with van der Waals surface area (Å²) in [5.74, 6) is 3.08. The monoisotopic (exact) mass is 358 g/mol. The molecule has 1 saturated carbocycles. The molecule has 0 unspecified atom stereocenters. The number of nitrogens with zero attached hydrogens (tertiary/aromatic N) is 1. The average molecular weight is 358 g/mol. The minimum Gasteiger partial charge on any atom is -0.490 e. The quantitative estimate of drug-likeness (QED) is 0.855. The van der Waals surface area contributed by atoms with E-state index in [-0.39, 0.29) is 24.8 Å². The third kappa shape index (κ3) is 4.09. The lowest BCUT2D eigenvalue weighted by Crippen LogP contribution is -2.39. The number of hydrogen-bond acceptors (Lipinski definition) is 6. The summed E-state index contributed by atoms with van der Waals surface area (Å²) in [6.07, 6.45) is 6.43. The van der Waals surface area contributed by atoms with Gasteiger partial charge < -0.3 is 24.1 Å². The number of ether oxygens (including phenoxy) is 3. The van der Waals surface area contributed by atoms with Crippen LogP contribution in [-0.4, -0.2) is 30.0 Å². The zero-order chi connectivity index (χ0) is 17.8. The molecule has 1 aromatic carbocycles. The SMILES string of the molecule is O=C(CCc1ccno1)NC1CCC(Oc2ccc3c(c2)OCO3)CC1. The van der Waals surface area contributed by atoms with Gasteiger partial charge in [0.25, 0.3) is 0 Å². The van der Waals surface area contributed by atoms with Crippen LogP contribution < -0.4 is 19.5 Å². The van der Waals surface area contributed by atoms with Crippen molar-refractivity contribution < 1.29 is 23.5 Å². The van der Waals surface area contributed by atoms with Crippen LogP contribution in [0.25, 0.3) is 0 Å². The normalized spacial score (nSPS) is 21.4. The Hall–Kier alpha value is -2.70. The molecule has 26 heavy (non-hydrogen) atoms. The predicted molar refractivity (Wildman–Crippen MR) is 92.2 cm³/mol. The van der Waals surface area contributed by atoms with Gasteiger partial charge in [-0.1, -0.05) is 5.16 Å². The van der Waals surface area contributed by atoms with Gasteiger partial charge in [0.2, 0.25) is 12.7 Å². The Morgan fingerprint density at radius 2 is 2.00 bits per heavy atom. The van der Waals surface area contributed by atoms with Crippen LogP contribution in [0.1, 0.15) is 37.9 Å². The number of fused-ring (bicyclic) bond motifs is 1. The Bertz CT molecular complexity index is 738. The van der Waals surface area contributed by atoms with Gasteiger partial charge in [0, 0.05) is 31.0 Å². The molecular formula is C19H22N2O5. The summed E-state index contributed by atoms with van der Waals surface area (Å²) in [6, 6.07) is 7.66. The minimum absolute atomic E-state index is 0.0570. The lowest BCUT2D eigenvalue weighted by atomic mass is 9.92. The van der Waals surface area contributed by atoms with Crippen LogP contribution in [0, 0.1) is 0 Å². The molecule has 7 nitrogen and oxygen atoms in total. The summed E-state index contributed by atoms with van der Waals surface area (Å²) in [5, 5.41) is 6.75. The lowest BCUT2D eigenvalue weighted by molar-refractivity contribution is -0.122. The maximum absolute atomic E-state index is 12.1. The zero-order valence-electron chi connectivity index (χ0n) is 14.5. The van der Waals surface area contributed by atoms with Crippen molar-refractivity contribution >= 4 is 5.91 Å². The fourth-order valence-electron chi connectivity index (χ4n) is 3.38. The number of amides is 1. The molecule has 1 aromatic heterocycles. The van der Waals surface area contributed by atoms with E-state index >= 15 is 0 Å². The summed E-state index contributed by atoms with van der Waals surface area (Å²) in [4.78, 5) is 12.1. The molecule has 0 radical (unpaired) electrons. The highest BCUT2D eigenvalue weighted by Crippen LogP contribution is 2.36. The van der Waals surface area contributed by atoms with Crippen molar-refractivity contribution in [1.82, 2.24) is 10.5 Å². The smallest absolute Gasteiger partial charge is 0.231 e. The van der Waals surface area contributed by atoms with E-state index in [0.717, 1.165) is 48.7 Å². The summed E-state index contributed by atoms with van der Waals surface area (Å²) < 4.78 is 21.8. The molecule has 0 bridgehead atoms. The Balaban J connectivity index is 1.19. The lowest BCUT2D eigenvalue weighted by Gasteiger charge is -2.29. The maximum atomic E-state index is 12.1. The molecule has 0 spiro atoms. The van der Waals surface area contributed by atoms with E-state index in [1.54, 1.807) is 12.3 Å². The second-order valence-electron chi connectivity index (χ2n) is 6.65. The number of carbonyl (C=O) groups excluding carboxylic acids is 1. The maximum Gasteiger partial charge on any atom is 0.231 e. The number of hydrogen-bond donors (Lipinski definition) is 1. The Labute approximate surface area is 151 Å². The van der Waals surface area contributed by atoms with E-state index in [1.807, 2.05) is 18.2 Å². The van der Waals surface area contributed by atoms with Crippen molar-refractivity contribution in [3.63, 3.8) is 0 Å². The molecular weight excluding hydrogens is 336 g/mol. The van der Waals surface area contributed by atoms with Gasteiger partial charge in [0.15, 0.2) is 11.5 Å². The molecule has 138 valence electrons. The molecule has 4 rings (SSSR count). The van der Waals surface area contributed by atoms with E-state index in [0.29, 0.717) is 12.8 Å². The Morgan fingerprint density at radius 3 is 2.81 bits per heavy atom. The molecule has 1 N–H and O–H groups in total. The van der Waals surface area contributed by atoms with Crippen LogP contribution in [0.15, 0.2) is 35.0 Å². The summed E-state index contributed by atoms with van der Waals surface area (Å²) >= 11 is 0. The molecule has 2 aliphatic rings. The van der Waals surface area contributed by atoms with Crippen molar-refractivity contribution in [2.24, 2.45) is 0 Å². The molecule has 1 amide bonds. The molecule has 7 heteroatoms. The molecule has 2 heterocycles. The van der Waals surface area contributed by atoms with Gasteiger partial charge >= 0.3 is 0 Å². The van der Waals surface area contributed by atoms with Gasteiger partial charge in [-0.25, -0.2) is 0 Å². The van der Waals surface area contributed by atoms with Crippen molar-refractivity contribution in [1.29, 1.82) is 0 Å². The van der Waals surface area contributed by atoms with Gasteiger partial charge in [-0.15, -0.1) is 0 Å². The number of nitrogens with one attached hydrogen (secondary N) is 1. The summed E-state index contributed by atoms with van der Waals surface area (Å²) in [5.41, 5.74) is 0. The first-order valence-corrected chi connectivity index (χ1v) is 9.01. The first kappa shape index (κ1) is 16.8. The van der Waals surface area contributed by atoms with Crippen LogP contribution in [0.5, 0.6) is 17.2 Å². The standard InChI is InChI=1S/C19H22N2O5/c22-19(8-6-15-9-10-20-26-15)21-13-1-3-14(4-2-13)25-16-5-7-17-18(11-16)24-12-23-17/h5,7,9-11,13-14H,1-4,6,8,12H2,(H,21,22). The number of aryl methyl sites for hydroxylation is 1. The second kappa shape index (κ2) is 7.68. The Kier molecular flexibility index (Phi) is 4.95.